The summed E-state index contributed by atoms with van der Waals surface area (Å²) in [7, 11) is 0. The molecule has 0 spiro atoms. The number of H-pyrrole nitrogens is 1. The van der Waals surface area contributed by atoms with E-state index in [1.54, 1.807) is 0 Å². The number of aromatic amines is 1. The molecular weight excluding hydrogens is 164 g/mol. The van der Waals surface area contributed by atoms with Crippen LogP contribution in [0.2, 0.25) is 0 Å². The smallest absolute Gasteiger partial charge is 0.329 e. The highest BCUT2D eigenvalue weighted by molar-refractivity contribution is 5.66. The quantitative estimate of drug-likeness (QED) is 0.556. The van der Waals surface area contributed by atoms with E-state index < -0.39 is 17.2 Å². The van der Waals surface area contributed by atoms with Crippen molar-refractivity contribution in [1.29, 1.82) is 0 Å². The van der Waals surface area contributed by atoms with Crippen molar-refractivity contribution in [2.75, 3.05) is 0 Å². The molecular formula is C6H6N2O4. The highest BCUT2D eigenvalue weighted by atomic mass is 16.7. The molecule has 1 rings (SSSR count). The van der Waals surface area contributed by atoms with Gasteiger partial charge in [0.2, 0.25) is 0 Å². The third-order valence-electron chi connectivity index (χ3n) is 1.04. The molecule has 1 aromatic heterocycles. The average Bonchev–Trinajstić information content (AvgIpc) is 1.97. The van der Waals surface area contributed by atoms with Crippen molar-refractivity contribution >= 4 is 5.97 Å². The zero-order valence-electron chi connectivity index (χ0n) is 6.23. The SMILES string of the molecule is CC(=O)On1c(=O)cc[nH]c1=O. The Morgan fingerprint density at radius 2 is 2.25 bits per heavy atom. The van der Waals surface area contributed by atoms with Crippen molar-refractivity contribution in [3.05, 3.63) is 33.1 Å². The van der Waals surface area contributed by atoms with Gasteiger partial charge in [0.25, 0.3) is 5.56 Å². The summed E-state index contributed by atoms with van der Waals surface area (Å²) in [6.07, 6.45) is 1.17. The highest BCUT2D eigenvalue weighted by Crippen LogP contribution is 1.66. The second-order valence-electron chi connectivity index (χ2n) is 2.00. The van der Waals surface area contributed by atoms with Crippen molar-refractivity contribution in [3.63, 3.8) is 0 Å². The summed E-state index contributed by atoms with van der Waals surface area (Å²) in [5.41, 5.74) is -1.47. The lowest BCUT2D eigenvalue weighted by Gasteiger charge is -1.99. The normalized spacial score (nSPS) is 9.42. The van der Waals surface area contributed by atoms with Crippen molar-refractivity contribution in [1.82, 2.24) is 9.71 Å². The van der Waals surface area contributed by atoms with Gasteiger partial charge in [-0.05, 0) is 0 Å². The summed E-state index contributed by atoms with van der Waals surface area (Å²) in [5.74, 6) is -0.728. The number of carbonyl (C=O) groups is 1. The van der Waals surface area contributed by atoms with Gasteiger partial charge in [-0.3, -0.25) is 4.79 Å². The largest absolute Gasteiger partial charge is 0.362 e. The molecule has 0 atom stereocenters. The minimum Gasteiger partial charge on any atom is -0.329 e. The fourth-order valence-electron chi connectivity index (χ4n) is 0.626. The maximum Gasteiger partial charge on any atom is 0.362 e. The number of hydrogen-bond donors (Lipinski definition) is 1. The van der Waals surface area contributed by atoms with Gasteiger partial charge in [-0.15, -0.1) is 0 Å². The van der Waals surface area contributed by atoms with E-state index in [4.69, 9.17) is 0 Å². The van der Waals surface area contributed by atoms with E-state index in [9.17, 15) is 14.4 Å². The Bertz CT molecular complexity index is 374. The lowest BCUT2D eigenvalue weighted by molar-refractivity contribution is -0.142. The van der Waals surface area contributed by atoms with Gasteiger partial charge >= 0.3 is 11.7 Å². The van der Waals surface area contributed by atoms with E-state index in [-0.39, 0.29) is 0 Å². The summed E-state index contributed by atoms with van der Waals surface area (Å²) in [6.45, 7) is 1.10. The Labute approximate surface area is 66.4 Å². The predicted molar refractivity (Wildman–Crippen MR) is 38.6 cm³/mol. The van der Waals surface area contributed by atoms with Gasteiger partial charge in [0.1, 0.15) is 0 Å². The van der Waals surface area contributed by atoms with Crippen LogP contribution in [0.1, 0.15) is 6.92 Å². The first kappa shape index (κ1) is 8.25. The molecule has 1 aromatic rings. The predicted octanol–water partition coefficient (Wildman–Crippen LogP) is -1.49. The van der Waals surface area contributed by atoms with Crippen LogP contribution in [-0.2, 0) is 4.79 Å². The van der Waals surface area contributed by atoms with Gasteiger partial charge in [-0.25, -0.2) is 9.59 Å². The average molecular weight is 170 g/mol. The standard InChI is InChI=1S/C6H6N2O4/c1-4(9)12-8-5(10)2-3-7-6(8)11/h2-3H,1H3,(H,7,11). The molecule has 0 saturated heterocycles. The van der Waals surface area contributed by atoms with E-state index in [1.807, 2.05) is 0 Å². The second kappa shape index (κ2) is 3.04. The fraction of sp³-hybridized carbons (Fsp3) is 0.167. The monoisotopic (exact) mass is 170 g/mol. The minimum absolute atomic E-state index is 0.350. The van der Waals surface area contributed by atoms with Gasteiger partial charge < -0.3 is 9.82 Å². The van der Waals surface area contributed by atoms with Crippen molar-refractivity contribution in [2.45, 2.75) is 6.92 Å². The third kappa shape index (κ3) is 1.60. The molecule has 12 heavy (non-hydrogen) atoms. The summed E-state index contributed by atoms with van der Waals surface area (Å²) >= 11 is 0. The van der Waals surface area contributed by atoms with Crippen LogP contribution < -0.4 is 16.1 Å². The van der Waals surface area contributed by atoms with Gasteiger partial charge in [0.15, 0.2) is 0 Å². The number of rotatable bonds is 1. The Morgan fingerprint density at radius 1 is 1.58 bits per heavy atom. The molecule has 1 N–H and O–H groups in total. The summed E-state index contributed by atoms with van der Waals surface area (Å²) in [5, 5.41) is 0. The number of nitrogens with one attached hydrogen (secondary N) is 1. The Morgan fingerprint density at radius 3 is 2.75 bits per heavy atom. The molecule has 6 heteroatoms. The molecule has 0 aliphatic carbocycles. The lowest BCUT2D eigenvalue weighted by Crippen LogP contribution is -2.40. The first-order valence-electron chi connectivity index (χ1n) is 3.11. The fourth-order valence-corrected chi connectivity index (χ4v) is 0.626. The first-order valence-corrected chi connectivity index (χ1v) is 3.11. The van der Waals surface area contributed by atoms with Gasteiger partial charge in [-0.2, -0.15) is 0 Å². The minimum atomic E-state index is -0.780. The van der Waals surface area contributed by atoms with Crippen LogP contribution in [-0.4, -0.2) is 15.7 Å². The van der Waals surface area contributed by atoms with Gasteiger partial charge in [0, 0.05) is 19.2 Å². The van der Waals surface area contributed by atoms with E-state index in [1.165, 1.54) is 6.20 Å². The van der Waals surface area contributed by atoms with Crippen LogP contribution >= 0.6 is 0 Å². The van der Waals surface area contributed by atoms with Crippen LogP contribution in [0.25, 0.3) is 0 Å². The van der Waals surface area contributed by atoms with Crippen molar-refractivity contribution < 1.29 is 9.63 Å². The summed E-state index contributed by atoms with van der Waals surface area (Å²) < 4.78 is 0.350. The maximum absolute atomic E-state index is 10.8. The first-order chi connectivity index (χ1) is 5.61. The van der Waals surface area contributed by atoms with E-state index in [2.05, 4.69) is 9.82 Å². The Kier molecular flexibility index (Phi) is 2.09. The van der Waals surface area contributed by atoms with Crippen molar-refractivity contribution in [2.24, 2.45) is 0 Å². The molecule has 0 fully saturated rings. The zero-order valence-corrected chi connectivity index (χ0v) is 6.23. The molecule has 0 bridgehead atoms. The number of aromatic nitrogens is 2. The number of hydrogen-bond acceptors (Lipinski definition) is 4. The third-order valence-corrected chi connectivity index (χ3v) is 1.04. The molecule has 0 aliphatic rings. The molecule has 0 saturated carbocycles. The Hall–Kier alpha value is -1.85. The molecule has 0 radical (unpaired) electrons. The van der Waals surface area contributed by atoms with Crippen LogP contribution in [0.5, 0.6) is 0 Å². The Balaban J connectivity index is 3.23. The summed E-state index contributed by atoms with van der Waals surface area (Å²) in [4.78, 5) is 38.5. The van der Waals surface area contributed by atoms with Crippen molar-refractivity contribution in [3.8, 4) is 0 Å². The lowest BCUT2D eigenvalue weighted by atomic mass is 10.7. The molecule has 0 aliphatic heterocycles. The van der Waals surface area contributed by atoms with Crippen LogP contribution in [0, 0.1) is 0 Å². The molecule has 0 unspecified atom stereocenters. The number of nitrogens with zero attached hydrogens (tertiary/aromatic N) is 1. The molecule has 64 valence electrons. The van der Waals surface area contributed by atoms with E-state index in [0.717, 1.165) is 13.0 Å². The van der Waals surface area contributed by atoms with Crippen LogP contribution in [0.3, 0.4) is 0 Å². The molecule has 6 nitrogen and oxygen atoms in total. The molecule has 1 heterocycles. The molecule has 0 aromatic carbocycles. The van der Waals surface area contributed by atoms with E-state index >= 15 is 0 Å². The summed E-state index contributed by atoms with van der Waals surface area (Å²) in [6, 6.07) is 1.07. The highest BCUT2D eigenvalue weighted by Gasteiger charge is 2.02. The second-order valence-corrected chi connectivity index (χ2v) is 2.00. The van der Waals surface area contributed by atoms with Gasteiger partial charge in [-0.1, -0.05) is 4.73 Å². The zero-order chi connectivity index (χ0) is 9.14. The molecule has 0 amide bonds. The topological polar surface area (TPSA) is 81.2 Å². The van der Waals surface area contributed by atoms with Crippen LogP contribution in [0.15, 0.2) is 21.9 Å². The van der Waals surface area contributed by atoms with Crippen LogP contribution in [0.4, 0.5) is 0 Å². The maximum atomic E-state index is 10.8. The van der Waals surface area contributed by atoms with E-state index in [0.29, 0.717) is 4.73 Å². The van der Waals surface area contributed by atoms with Gasteiger partial charge in [0.05, 0.1) is 0 Å². The number of carbonyl (C=O) groups excluding carboxylic acids is 1.